The van der Waals surface area contributed by atoms with Gasteiger partial charge in [0.25, 0.3) is 17.7 Å². The third kappa shape index (κ3) is 3.45. The van der Waals surface area contributed by atoms with E-state index < -0.39 is 36.3 Å². The molecule has 0 saturated carbocycles. The van der Waals surface area contributed by atoms with Crippen LogP contribution in [0.4, 0.5) is 0 Å². The van der Waals surface area contributed by atoms with E-state index in [2.05, 4.69) is 5.32 Å². The van der Waals surface area contributed by atoms with E-state index in [0.717, 1.165) is 11.3 Å². The Labute approximate surface area is 140 Å². The van der Waals surface area contributed by atoms with Crippen molar-refractivity contribution in [2.24, 2.45) is 0 Å². The maximum Gasteiger partial charge on any atom is 0.329 e. The Balaban J connectivity index is 1.98. The van der Waals surface area contributed by atoms with Gasteiger partial charge in [-0.05, 0) is 32.4 Å². The van der Waals surface area contributed by atoms with Crippen LogP contribution in [0.1, 0.15) is 47.9 Å². The van der Waals surface area contributed by atoms with E-state index in [9.17, 15) is 19.2 Å². The number of amides is 3. The SMILES string of the molecule is CC[C@@H](C)NC(=O)COC(=O)[C@@H](C)N1C(=O)c2ccccc2C1=O. The highest BCUT2D eigenvalue weighted by atomic mass is 16.5. The molecule has 0 spiro atoms. The number of hydrogen-bond donors (Lipinski definition) is 1. The number of carbonyl (C=O) groups is 4. The Hall–Kier alpha value is -2.70. The summed E-state index contributed by atoms with van der Waals surface area (Å²) in [5, 5.41) is 2.66. The number of ether oxygens (including phenoxy) is 1. The summed E-state index contributed by atoms with van der Waals surface area (Å²) in [6.07, 6.45) is 0.755. The molecule has 0 aromatic heterocycles. The standard InChI is InChI=1S/C17H20N2O5/c1-4-10(2)18-14(20)9-24-17(23)11(3)19-15(21)12-7-5-6-8-13(12)16(19)22/h5-8,10-11H,4,9H2,1-3H3,(H,18,20)/t10-,11-/m1/s1. The Bertz CT molecular complexity index is 650. The molecule has 1 heterocycles. The lowest BCUT2D eigenvalue weighted by Gasteiger charge is -2.21. The lowest BCUT2D eigenvalue weighted by atomic mass is 10.1. The number of nitrogens with zero attached hydrogens (tertiary/aromatic N) is 1. The van der Waals surface area contributed by atoms with Crippen LogP contribution in [0.5, 0.6) is 0 Å². The summed E-state index contributed by atoms with van der Waals surface area (Å²) in [5.74, 6) is -2.30. The molecule has 1 aliphatic heterocycles. The maximum atomic E-state index is 12.3. The van der Waals surface area contributed by atoms with Gasteiger partial charge in [-0.2, -0.15) is 0 Å². The average Bonchev–Trinajstić information content (AvgIpc) is 2.83. The van der Waals surface area contributed by atoms with Crippen LogP contribution in [0.25, 0.3) is 0 Å². The first kappa shape index (κ1) is 17.7. The number of nitrogens with one attached hydrogen (secondary N) is 1. The van der Waals surface area contributed by atoms with Gasteiger partial charge in [-0.25, -0.2) is 4.79 Å². The fourth-order valence-corrected chi connectivity index (χ4v) is 2.34. The van der Waals surface area contributed by atoms with Crippen molar-refractivity contribution in [1.82, 2.24) is 10.2 Å². The second-order valence-electron chi connectivity index (χ2n) is 5.69. The van der Waals surface area contributed by atoms with Gasteiger partial charge in [0.2, 0.25) is 0 Å². The molecule has 2 rings (SSSR count). The smallest absolute Gasteiger partial charge is 0.329 e. The van der Waals surface area contributed by atoms with Crippen molar-refractivity contribution >= 4 is 23.7 Å². The summed E-state index contributed by atoms with van der Waals surface area (Å²) in [6.45, 7) is 4.70. The van der Waals surface area contributed by atoms with Gasteiger partial charge in [0.15, 0.2) is 6.61 Å². The lowest BCUT2D eigenvalue weighted by molar-refractivity contribution is -0.152. The molecule has 1 aromatic carbocycles. The van der Waals surface area contributed by atoms with Crippen molar-refractivity contribution in [3.8, 4) is 0 Å². The number of rotatable bonds is 6. The first-order valence-electron chi connectivity index (χ1n) is 7.79. The monoisotopic (exact) mass is 332 g/mol. The number of imide groups is 1. The van der Waals surface area contributed by atoms with Crippen molar-refractivity contribution in [3.05, 3.63) is 35.4 Å². The van der Waals surface area contributed by atoms with E-state index in [0.29, 0.717) is 0 Å². The largest absolute Gasteiger partial charge is 0.454 e. The topological polar surface area (TPSA) is 92.8 Å². The van der Waals surface area contributed by atoms with Gasteiger partial charge < -0.3 is 10.1 Å². The van der Waals surface area contributed by atoms with E-state index in [1.165, 1.54) is 19.1 Å². The van der Waals surface area contributed by atoms with E-state index in [1.54, 1.807) is 12.1 Å². The minimum absolute atomic E-state index is 0.0233. The van der Waals surface area contributed by atoms with Gasteiger partial charge in [0, 0.05) is 6.04 Å². The highest BCUT2D eigenvalue weighted by Gasteiger charge is 2.41. The molecule has 3 amide bonds. The van der Waals surface area contributed by atoms with E-state index >= 15 is 0 Å². The molecule has 1 aliphatic rings. The fraction of sp³-hybridized carbons (Fsp3) is 0.412. The van der Waals surface area contributed by atoms with Gasteiger partial charge in [-0.15, -0.1) is 0 Å². The molecule has 0 aliphatic carbocycles. The Morgan fingerprint density at radius 1 is 1.12 bits per heavy atom. The van der Waals surface area contributed by atoms with Gasteiger partial charge in [0.1, 0.15) is 6.04 Å². The number of hydrogen-bond acceptors (Lipinski definition) is 5. The van der Waals surface area contributed by atoms with Gasteiger partial charge in [0.05, 0.1) is 11.1 Å². The molecule has 24 heavy (non-hydrogen) atoms. The molecule has 1 aromatic rings. The van der Waals surface area contributed by atoms with Crippen LogP contribution in [0.3, 0.4) is 0 Å². The Morgan fingerprint density at radius 2 is 1.67 bits per heavy atom. The van der Waals surface area contributed by atoms with Gasteiger partial charge >= 0.3 is 5.97 Å². The third-order valence-electron chi connectivity index (χ3n) is 3.92. The molecule has 0 bridgehead atoms. The van der Waals surface area contributed by atoms with Crippen LogP contribution in [-0.4, -0.2) is 47.3 Å². The van der Waals surface area contributed by atoms with E-state index in [4.69, 9.17) is 4.74 Å². The molecule has 0 radical (unpaired) electrons. The summed E-state index contributed by atoms with van der Waals surface area (Å²) < 4.78 is 4.92. The zero-order valence-electron chi connectivity index (χ0n) is 13.9. The molecule has 0 unspecified atom stereocenters. The van der Waals surface area contributed by atoms with Crippen LogP contribution in [0, 0.1) is 0 Å². The quantitative estimate of drug-likeness (QED) is 0.623. The Morgan fingerprint density at radius 3 is 2.17 bits per heavy atom. The summed E-state index contributed by atoms with van der Waals surface area (Å²) in [5.41, 5.74) is 0.522. The molecule has 7 nitrogen and oxygen atoms in total. The number of benzene rings is 1. The van der Waals surface area contributed by atoms with Crippen LogP contribution in [-0.2, 0) is 14.3 Å². The summed E-state index contributed by atoms with van der Waals surface area (Å²) in [4.78, 5) is 49.2. The minimum Gasteiger partial charge on any atom is -0.454 e. The molecule has 7 heteroatoms. The molecular formula is C17H20N2O5. The fourth-order valence-electron chi connectivity index (χ4n) is 2.34. The zero-order valence-corrected chi connectivity index (χ0v) is 13.9. The van der Waals surface area contributed by atoms with Crippen LogP contribution < -0.4 is 5.32 Å². The average molecular weight is 332 g/mol. The van der Waals surface area contributed by atoms with Crippen LogP contribution in [0.2, 0.25) is 0 Å². The lowest BCUT2D eigenvalue weighted by Crippen LogP contribution is -2.45. The molecule has 0 saturated heterocycles. The van der Waals surface area contributed by atoms with Crippen molar-refractivity contribution in [2.45, 2.75) is 39.3 Å². The normalized spacial score (nSPS) is 15.7. The van der Waals surface area contributed by atoms with Crippen molar-refractivity contribution in [2.75, 3.05) is 6.61 Å². The Kier molecular flexibility index (Phi) is 5.33. The predicted molar refractivity (Wildman–Crippen MR) is 85.3 cm³/mol. The van der Waals surface area contributed by atoms with Crippen molar-refractivity contribution < 1.29 is 23.9 Å². The number of esters is 1. The summed E-state index contributed by atoms with van der Waals surface area (Å²) >= 11 is 0. The second kappa shape index (κ2) is 7.25. The zero-order chi connectivity index (χ0) is 17.9. The van der Waals surface area contributed by atoms with Crippen LogP contribution >= 0.6 is 0 Å². The first-order chi connectivity index (χ1) is 11.4. The predicted octanol–water partition coefficient (Wildman–Crippen LogP) is 1.13. The minimum atomic E-state index is -1.10. The van der Waals surface area contributed by atoms with Gasteiger partial charge in [-0.1, -0.05) is 19.1 Å². The highest BCUT2D eigenvalue weighted by molar-refractivity contribution is 6.22. The maximum absolute atomic E-state index is 12.3. The molecular weight excluding hydrogens is 312 g/mol. The molecule has 128 valence electrons. The summed E-state index contributed by atoms with van der Waals surface area (Å²) in [7, 11) is 0. The van der Waals surface area contributed by atoms with Crippen molar-refractivity contribution in [3.63, 3.8) is 0 Å². The number of fused-ring (bicyclic) bond motifs is 1. The molecule has 2 atom stereocenters. The summed E-state index contributed by atoms with van der Waals surface area (Å²) in [6, 6.07) is 5.24. The van der Waals surface area contributed by atoms with Gasteiger partial charge in [-0.3, -0.25) is 19.3 Å². The number of carbonyl (C=O) groups excluding carboxylic acids is 4. The molecule has 1 N–H and O–H groups in total. The second-order valence-corrected chi connectivity index (χ2v) is 5.69. The highest BCUT2D eigenvalue weighted by Crippen LogP contribution is 2.24. The van der Waals surface area contributed by atoms with Crippen molar-refractivity contribution in [1.29, 1.82) is 0 Å². The molecule has 0 fully saturated rings. The van der Waals surface area contributed by atoms with E-state index in [-0.39, 0.29) is 17.2 Å². The first-order valence-corrected chi connectivity index (χ1v) is 7.79. The van der Waals surface area contributed by atoms with Crippen LogP contribution in [0.15, 0.2) is 24.3 Å². The van der Waals surface area contributed by atoms with E-state index in [1.807, 2.05) is 13.8 Å². The third-order valence-corrected chi connectivity index (χ3v) is 3.92.